The van der Waals surface area contributed by atoms with Crippen molar-refractivity contribution in [1.82, 2.24) is 14.7 Å². The largest absolute Gasteiger partial charge is 0.348 e. The highest BCUT2D eigenvalue weighted by Crippen LogP contribution is 2.15. The van der Waals surface area contributed by atoms with Crippen LogP contribution in [0.4, 0.5) is 5.69 Å². The van der Waals surface area contributed by atoms with Gasteiger partial charge in [-0.2, -0.15) is 4.98 Å². The van der Waals surface area contributed by atoms with E-state index in [0.717, 1.165) is 5.56 Å². The molecule has 8 heteroatoms. The Hall–Kier alpha value is -3.29. The molecular formula is C16H14N4O4. The first-order chi connectivity index (χ1) is 11.6. The van der Waals surface area contributed by atoms with E-state index in [2.05, 4.69) is 10.1 Å². The van der Waals surface area contributed by atoms with Gasteiger partial charge in [0.2, 0.25) is 11.7 Å². The monoisotopic (exact) mass is 326 g/mol. The third-order valence-electron chi connectivity index (χ3n) is 3.46. The predicted octanol–water partition coefficient (Wildman–Crippen LogP) is 2.44. The van der Waals surface area contributed by atoms with Crippen molar-refractivity contribution in [1.29, 1.82) is 0 Å². The van der Waals surface area contributed by atoms with Gasteiger partial charge >= 0.3 is 5.69 Å². The van der Waals surface area contributed by atoms with Gasteiger partial charge in [-0.3, -0.25) is 14.9 Å². The fourth-order valence-corrected chi connectivity index (χ4v) is 2.26. The zero-order valence-electron chi connectivity index (χ0n) is 12.7. The van der Waals surface area contributed by atoms with Crippen molar-refractivity contribution in [3.63, 3.8) is 0 Å². The summed E-state index contributed by atoms with van der Waals surface area (Å²) in [7, 11) is 0. The Bertz CT molecular complexity index is 902. The lowest BCUT2D eigenvalue weighted by Crippen LogP contribution is -2.11. The highest BCUT2D eigenvalue weighted by Gasteiger charge is 2.12. The van der Waals surface area contributed by atoms with E-state index < -0.39 is 16.0 Å². The van der Waals surface area contributed by atoms with Gasteiger partial charge in [0.15, 0.2) is 0 Å². The molecular weight excluding hydrogens is 312 g/mol. The zero-order valence-corrected chi connectivity index (χ0v) is 12.7. The molecule has 2 heterocycles. The van der Waals surface area contributed by atoms with Crippen molar-refractivity contribution in [2.75, 3.05) is 0 Å². The average Bonchev–Trinajstić information content (AvgIpc) is 3.06. The second kappa shape index (κ2) is 6.86. The Morgan fingerprint density at radius 2 is 2.00 bits per heavy atom. The van der Waals surface area contributed by atoms with Gasteiger partial charge < -0.3 is 9.09 Å². The summed E-state index contributed by atoms with van der Waals surface area (Å²) in [6.45, 7) is 0.504. The van der Waals surface area contributed by atoms with Crippen LogP contribution in [-0.2, 0) is 13.0 Å². The van der Waals surface area contributed by atoms with Crippen LogP contribution in [0, 0.1) is 10.1 Å². The molecule has 0 unspecified atom stereocenters. The molecule has 2 aromatic heterocycles. The van der Waals surface area contributed by atoms with Crippen LogP contribution in [0.15, 0.2) is 58.1 Å². The van der Waals surface area contributed by atoms with Gasteiger partial charge in [0.05, 0.1) is 11.1 Å². The molecule has 24 heavy (non-hydrogen) atoms. The van der Waals surface area contributed by atoms with Gasteiger partial charge in [-0.25, -0.2) is 0 Å². The topological polar surface area (TPSA) is 104 Å². The van der Waals surface area contributed by atoms with Crippen molar-refractivity contribution >= 4 is 5.69 Å². The summed E-state index contributed by atoms with van der Waals surface area (Å²) in [5, 5.41) is 14.7. The maximum atomic E-state index is 11.4. The molecule has 1 aromatic carbocycles. The molecule has 0 saturated heterocycles. The number of nitrogens with zero attached hydrogens (tertiary/aromatic N) is 4. The zero-order chi connectivity index (χ0) is 16.9. The summed E-state index contributed by atoms with van der Waals surface area (Å²) in [4.78, 5) is 25.8. The summed E-state index contributed by atoms with van der Waals surface area (Å²) in [6.07, 6.45) is 3.96. The summed E-state index contributed by atoms with van der Waals surface area (Å²) >= 11 is 0. The van der Waals surface area contributed by atoms with E-state index >= 15 is 0 Å². The molecule has 0 bridgehead atoms. The average molecular weight is 326 g/mol. The molecule has 122 valence electrons. The first-order valence-corrected chi connectivity index (χ1v) is 7.36. The maximum absolute atomic E-state index is 11.4. The first-order valence-electron chi connectivity index (χ1n) is 7.36. The molecule has 0 spiro atoms. The molecule has 0 fully saturated rings. The first kappa shape index (κ1) is 15.6. The smallest absolute Gasteiger partial charge is 0.332 e. The summed E-state index contributed by atoms with van der Waals surface area (Å²) in [5.74, 6) is 1.04. The van der Waals surface area contributed by atoms with Crippen molar-refractivity contribution in [2.24, 2.45) is 0 Å². The number of nitro groups is 1. The van der Waals surface area contributed by atoms with Gasteiger partial charge in [0.1, 0.15) is 0 Å². The summed E-state index contributed by atoms with van der Waals surface area (Å²) in [5.41, 5.74) is -0.147. The fraction of sp³-hybridized carbons (Fsp3) is 0.188. The van der Waals surface area contributed by atoms with E-state index in [4.69, 9.17) is 4.52 Å². The molecule has 0 aliphatic rings. The predicted molar refractivity (Wildman–Crippen MR) is 85.4 cm³/mol. The Morgan fingerprint density at radius 1 is 1.21 bits per heavy atom. The van der Waals surface area contributed by atoms with Crippen LogP contribution in [0.5, 0.6) is 0 Å². The molecule has 3 rings (SSSR count). The van der Waals surface area contributed by atoms with E-state index in [9.17, 15) is 14.9 Å². The van der Waals surface area contributed by atoms with Crippen LogP contribution in [0.2, 0.25) is 0 Å². The number of benzene rings is 1. The fourth-order valence-electron chi connectivity index (χ4n) is 2.26. The van der Waals surface area contributed by atoms with Gasteiger partial charge in [0.25, 0.3) is 5.43 Å². The second-order valence-electron chi connectivity index (χ2n) is 5.17. The molecule has 0 aliphatic heterocycles. The van der Waals surface area contributed by atoms with E-state index in [1.165, 1.54) is 18.5 Å². The standard InChI is InChI=1S/C16H14N4O4/c21-14-8-10-19(11-13(14)20(22)23)9-4-7-15-17-16(18-24-15)12-5-2-1-3-6-12/h1-3,5-6,8,10-11H,4,7,9H2. The molecule has 0 aliphatic carbocycles. The Balaban J connectivity index is 1.61. The van der Waals surface area contributed by atoms with Crippen LogP contribution in [0.3, 0.4) is 0 Å². The van der Waals surface area contributed by atoms with E-state index in [1.54, 1.807) is 4.57 Å². The summed E-state index contributed by atoms with van der Waals surface area (Å²) in [6, 6.07) is 10.7. The Kier molecular flexibility index (Phi) is 4.46. The molecule has 0 amide bonds. The Labute approximate surface area is 136 Å². The Morgan fingerprint density at radius 3 is 2.75 bits per heavy atom. The second-order valence-corrected chi connectivity index (χ2v) is 5.17. The van der Waals surface area contributed by atoms with Crippen LogP contribution in [-0.4, -0.2) is 19.6 Å². The van der Waals surface area contributed by atoms with Crippen molar-refractivity contribution in [3.05, 3.63) is 75.0 Å². The minimum atomic E-state index is -0.678. The SMILES string of the molecule is O=c1ccn(CCCc2nc(-c3ccccc3)no2)cc1[N+](=O)[O-]. The van der Waals surface area contributed by atoms with Crippen LogP contribution in [0.25, 0.3) is 11.4 Å². The molecule has 0 radical (unpaired) electrons. The molecule has 8 nitrogen and oxygen atoms in total. The molecule has 0 saturated carbocycles. The quantitative estimate of drug-likeness (QED) is 0.509. The van der Waals surface area contributed by atoms with Crippen molar-refractivity contribution in [3.8, 4) is 11.4 Å². The van der Waals surface area contributed by atoms with Crippen LogP contribution < -0.4 is 5.43 Å². The highest BCUT2D eigenvalue weighted by molar-refractivity contribution is 5.53. The van der Waals surface area contributed by atoms with Crippen LogP contribution >= 0.6 is 0 Å². The van der Waals surface area contributed by atoms with E-state index in [0.29, 0.717) is 31.1 Å². The number of hydrogen-bond acceptors (Lipinski definition) is 6. The van der Waals surface area contributed by atoms with Gasteiger partial charge in [-0.15, -0.1) is 0 Å². The maximum Gasteiger partial charge on any atom is 0.332 e. The third-order valence-corrected chi connectivity index (χ3v) is 3.46. The number of pyridine rings is 1. The van der Waals surface area contributed by atoms with E-state index in [-0.39, 0.29) is 0 Å². The van der Waals surface area contributed by atoms with Gasteiger partial charge in [0, 0.05) is 30.8 Å². The van der Waals surface area contributed by atoms with Crippen molar-refractivity contribution in [2.45, 2.75) is 19.4 Å². The number of aryl methyl sites for hydroxylation is 2. The lowest BCUT2D eigenvalue weighted by Gasteiger charge is -2.03. The highest BCUT2D eigenvalue weighted by atomic mass is 16.6. The number of rotatable bonds is 6. The minimum absolute atomic E-state index is 0.429. The molecule has 0 atom stereocenters. The van der Waals surface area contributed by atoms with Crippen LogP contribution in [0.1, 0.15) is 12.3 Å². The minimum Gasteiger partial charge on any atom is -0.348 e. The van der Waals surface area contributed by atoms with Gasteiger partial charge in [-0.1, -0.05) is 35.5 Å². The van der Waals surface area contributed by atoms with Crippen molar-refractivity contribution < 1.29 is 9.45 Å². The molecule has 3 aromatic rings. The lowest BCUT2D eigenvalue weighted by atomic mass is 10.2. The van der Waals surface area contributed by atoms with Gasteiger partial charge in [-0.05, 0) is 6.42 Å². The number of hydrogen-bond donors (Lipinski definition) is 0. The number of aromatic nitrogens is 3. The lowest BCUT2D eigenvalue weighted by molar-refractivity contribution is -0.386. The summed E-state index contributed by atoms with van der Waals surface area (Å²) < 4.78 is 6.81. The third kappa shape index (κ3) is 3.54. The normalized spacial score (nSPS) is 10.7. The van der Waals surface area contributed by atoms with E-state index in [1.807, 2.05) is 30.3 Å². The molecule has 0 N–H and O–H groups in total.